The molecule has 2 bridgehead atoms. The minimum atomic E-state index is -0.494. The minimum absolute atomic E-state index is 0.203. The summed E-state index contributed by atoms with van der Waals surface area (Å²) in [6, 6.07) is 5.97. The lowest BCUT2D eigenvalue weighted by molar-refractivity contribution is -0.142. The average Bonchev–Trinajstić information content (AvgIpc) is 2.98. The molecule has 24 heavy (non-hydrogen) atoms. The van der Waals surface area contributed by atoms with E-state index in [2.05, 4.69) is 22.1 Å². The van der Waals surface area contributed by atoms with Gasteiger partial charge in [0.1, 0.15) is 5.75 Å². The number of carbonyl (C=O) groups is 1. The van der Waals surface area contributed by atoms with Crippen molar-refractivity contribution in [3.05, 3.63) is 30.0 Å². The predicted molar refractivity (Wildman–Crippen MR) is 95.3 cm³/mol. The number of H-pyrrole nitrogens is 1. The molecule has 128 valence electrons. The van der Waals surface area contributed by atoms with Gasteiger partial charge in [-0.3, -0.25) is 4.79 Å². The summed E-state index contributed by atoms with van der Waals surface area (Å²) in [6.45, 7) is 9.31. The maximum atomic E-state index is 12.1. The highest BCUT2D eigenvalue weighted by atomic mass is 16.5. The third-order valence-corrected chi connectivity index (χ3v) is 5.56. The van der Waals surface area contributed by atoms with Crippen LogP contribution in [-0.4, -0.2) is 35.5 Å². The Morgan fingerprint density at radius 3 is 2.62 bits per heavy atom. The van der Waals surface area contributed by atoms with Crippen LogP contribution in [0.2, 0.25) is 0 Å². The number of piperidine rings is 3. The molecular weight excluding hydrogens is 300 g/mol. The molecule has 0 saturated carbocycles. The van der Waals surface area contributed by atoms with Crippen LogP contribution < -0.4 is 4.74 Å². The van der Waals surface area contributed by atoms with Gasteiger partial charge < -0.3 is 14.6 Å². The van der Waals surface area contributed by atoms with E-state index in [-0.39, 0.29) is 5.97 Å². The van der Waals surface area contributed by atoms with Gasteiger partial charge in [-0.25, -0.2) is 0 Å². The topological polar surface area (TPSA) is 45.3 Å². The first-order valence-electron chi connectivity index (χ1n) is 8.97. The van der Waals surface area contributed by atoms with Gasteiger partial charge in [0.15, 0.2) is 0 Å². The third kappa shape index (κ3) is 2.73. The summed E-state index contributed by atoms with van der Waals surface area (Å²) in [5, 5.41) is 1.27. The molecule has 0 aliphatic carbocycles. The van der Waals surface area contributed by atoms with E-state index in [1.54, 1.807) is 0 Å². The summed E-state index contributed by atoms with van der Waals surface area (Å²) in [6.07, 6.45) is 4.80. The van der Waals surface area contributed by atoms with Crippen molar-refractivity contribution >= 4 is 16.9 Å². The van der Waals surface area contributed by atoms with E-state index >= 15 is 0 Å². The molecule has 1 unspecified atom stereocenters. The van der Waals surface area contributed by atoms with Crippen LogP contribution in [0.4, 0.5) is 0 Å². The highest BCUT2D eigenvalue weighted by Crippen LogP contribution is 2.41. The van der Waals surface area contributed by atoms with Crippen molar-refractivity contribution < 1.29 is 9.53 Å². The molecule has 3 fully saturated rings. The predicted octanol–water partition coefficient (Wildman–Crippen LogP) is 3.93. The Bertz CT molecular complexity index is 764. The van der Waals surface area contributed by atoms with Gasteiger partial charge in [0, 0.05) is 35.6 Å². The molecular formula is C20H26N2O2. The first kappa shape index (κ1) is 15.7. The number of hydrogen-bond acceptors (Lipinski definition) is 3. The van der Waals surface area contributed by atoms with Crippen molar-refractivity contribution in [2.24, 2.45) is 11.3 Å². The number of carbonyl (C=O) groups excluding carboxylic acids is 1. The zero-order valence-electron chi connectivity index (χ0n) is 14.8. The van der Waals surface area contributed by atoms with Crippen molar-refractivity contribution in [3.8, 4) is 5.75 Å². The standard InChI is InChI=1S/C20H26N2O2/c1-20(2,3)19(23)24-14-4-5-15-16(11-21-18(15)10-14)17-12-22-8-6-13(17)7-9-22/h4-5,10-11,13,17,21H,6-9,12H2,1-3H3. The number of fused-ring (bicyclic) bond motifs is 4. The van der Waals surface area contributed by atoms with Crippen molar-refractivity contribution in [2.45, 2.75) is 39.5 Å². The molecule has 1 aromatic carbocycles. The zero-order chi connectivity index (χ0) is 16.9. The Morgan fingerprint density at radius 1 is 1.25 bits per heavy atom. The van der Waals surface area contributed by atoms with Gasteiger partial charge in [-0.05, 0) is 70.3 Å². The van der Waals surface area contributed by atoms with Crippen LogP contribution in [0.5, 0.6) is 5.75 Å². The largest absolute Gasteiger partial charge is 0.426 e. The lowest BCUT2D eigenvalue weighted by atomic mass is 9.75. The number of aromatic amines is 1. The molecule has 1 N–H and O–H groups in total. The van der Waals surface area contributed by atoms with Crippen LogP contribution in [0.25, 0.3) is 10.9 Å². The van der Waals surface area contributed by atoms with E-state index in [0.717, 1.165) is 11.4 Å². The quantitative estimate of drug-likeness (QED) is 0.672. The molecule has 3 aliphatic rings. The number of nitrogens with one attached hydrogen (secondary N) is 1. The van der Waals surface area contributed by atoms with Crippen LogP contribution in [0.1, 0.15) is 45.1 Å². The van der Waals surface area contributed by atoms with Crippen LogP contribution in [0, 0.1) is 11.3 Å². The Balaban J connectivity index is 1.61. The maximum Gasteiger partial charge on any atom is 0.316 e. The molecule has 0 radical (unpaired) electrons. The van der Waals surface area contributed by atoms with Crippen molar-refractivity contribution in [1.82, 2.24) is 9.88 Å². The third-order valence-electron chi connectivity index (χ3n) is 5.56. The average molecular weight is 326 g/mol. The Kier molecular flexibility index (Phi) is 3.68. The summed E-state index contributed by atoms with van der Waals surface area (Å²) in [7, 11) is 0. The van der Waals surface area contributed by atoms with Gasteiger partial charge in [-0.1, -0.05) is 0 Å². The normalized spacial score (nSPS) is 26.7. The van der Waals surface area contributed by atoms with Crippen molar-refractivity contribution in [3.63, 3.8) is 0 Å². The van der Waals surface area contributed by atoms with E-state index in [4.69, 9.17) is 4.74 Å². The molecule has 4 heterocycles. The summed E-state index contributed by atoms with van der Waals surface area (Å²) >= 11 is 0. The number of hydrogen-bond donors (Lipinski definition) is 1. The van der Waals surface area contributed by atoms with E-state index in [0.29, 0.717) is 11.7 Å². The van der Waals surface area contributed by atoms with Gasteiger partial charge in [0.05, 0.1) is 5.41 Å². The lowest BCUT2D eigenvalue weighted by Gasteiger charge is -2.44. The number of ether oxygens (including phenoxy) is 1. The smallest absolute Gasteiger partial charge is 0.316 e. The Labute approximate surface area is 143 Å². The second kappa shape index (κ2) is 5.62. The van der Waals surface area contributed by atoms with Gasteiger partial charge >= 0.3 is 5.97 Å². The summed E-state index contributed by atoms with van der Waals surface area (Å²) in [5.41, 5.74) is 1.99. The lowest BCUT2D eigenvalue weighted by Crippen LogP contribution is -2.46. The minimum Gasteiger partial charge on any atom is -0.426 e. The summed E-state index contributed by atoms with van der Waals surface area (Å²) < 4.78 is 5.52. The number of benzene rings is 1. The zero-order valence-corrected chi connectivity index (χ0v) is 14.8. The van der Waals surface area contributed by atoms with Crippen LogP contribution >= 0.6 is 0 Å². The fourth-order valence-electron chi connectivity index (χ4n) is 4.08. The Hall–Kier alpha value is -1.81. The van der Waals surface area contributed by atoms with Gasteiger partial charge in [0.25, 0.3) is 0 Å². The molecule has 3 aliphatic heterocycles. The molecule has 5 rings (SSSR count). The highest BCUT2D eigenvalue weighted by Gasteiger charge is 2.36. The first-order chi connectivity index (χ1) is 11.4. The molecule has 3 saturated heterocycles. The maximum absolute atomic E-state index is 12.1. The van der Waals surface area contributed by atoms with Crippen LogP contribution in [-0.2, 0) is 4.79 Å². The molecule has 0 spiro atoms. The van der Waals surface area contributed by atoms with E-state index in [1.165, 1.54) is 43.4 Å². The van der Waals surface area contributed by atoms with Crippen LogP contribution in [0.3, 0.4) is 0 Å². The highest BCUT2D eigenvalue weighted by molar-refractivity contribution is 5.86. The molecule has 0 amide bonds. The Morgan fingerprint density at radius 2 is 2.00 bits per heavy atom. The van der Waals surface area contributed by atoms with Crippen molar-refractivity contribution in [2.75, 3.05) is 19.6 Å². The summed E-state index contributed by atoms with van der Waals surface area (Å²) in [4.78, 5) is 18.0. The monoisotopic (exact) mass is 326 g/mol. The molecule has 4 heteroatoms. The van der Waals surface area contributed by atoms with Crippen molar-refractivity contribution in [1.29, 1.82) is 0 Å². The molecule has 4 nitrogen and oxygen atoms in total. The fourth-order valence-corrected chi connectivity index (χ4v) is 4.08. The van der Waals surface area contributed by atoms with Gasteiger partial charge in [-0.15, -0.1) is 0 Å². The van der Waals surface area contributed by atoms with Crippen LogP contribution in [0.15, 0.2) is 24.4 Å². The molecule has 2 aromatic rings. The number of rotatable bonds is 2. The second-order valence-corrected chi connectivity index (χ2v) is 8.34. The van der Waals surface area contributed by atoms with E-state index < -0.39 is 5.41 Å². The first-order valence-corrected chi connectivity index (χ1v) is 8.97. The molecule has 1 atom stereocenters. The fraction of sp³-hybridized carbons (Fsp3) is 0.550. The SMILES string of the molecule is CC(C)(C)C(=O)Oc1ccc2c(C3CN4CCC3CC4)c[nH]c2c1. The summed E-state index contributed by atoms with van der Waals surface area (Å²) in [5.74, 6) is 1.85. The van der Waals surface area contributed by atoms with E-state index in [9.17, 15) is 4.79 Å². The van der Waals surface area contributed by atoms with Gasteiger partial charge in [0.2, 0.25) is 0 Å². The number of esters is 1. The van der Waals surface area contributed by atoms with Gasteiger partial charge in [-0.2, -0.15) is 0 Å². The molecule has 1 aromatic heterocycles. The second-order valence-electron chi connectivity index (χ2n) is 8.34. The number of nitrogens with zero attached hydrogens (tertiary/aromatic N) is 1. The van der Waals surface area contributed by atoms with E-state index in [1.807, 2.05) is 32.9 Å². The number of aromatic nitrogens is 1.